The number of nitrogens with two attached hydrogens (primary N) is 1. The van der Waals surface area contributed by atoms with E-state index in [2.05, 4.69) is 25.4 Å². The topological polar surface area (TPSA) is 92.5 Å². The van der Waals surface area contributed by atoms with E-state index < -0.39 is 0 Å². The zero-order valence-corrected chi connectivity index (χ0v) is 12.1. The SMILES string of the molecule is Cc1ccc2nc(Sc3nc(NN)ncc3Cl)[nH]c2c1. The van der Waals surface area contributed by atoms with Crippen molar-refractivity contribution >= 4 is 40.3 Å². The molecule has 3 aromatic rings. The molecule has 0 unspecified atom stereocenters. The molecule has 8 heteroatoms. The van der Waals surface area contributed by atoms with E-state index in [4.69, 9.17) is 17.4 Å². The van der Waals surface area contributed by atoms with E-state index >= 15 is 0 Å². The Balaban J connectivity index is 1.96. The molecule has 0 spiro atoms. The standard InChI is InChI=1S/C12H11ClN6S/c1-6-2-3-8-9(4-6)17-12(16-8)20-10-7(13)5-15-11(18-10)19-14/h2-5H,14H2,1H3,(H,16,17)(H,15,18,19). The van der Waals surface area contributed by atoms with Gasteiger partial charge in [-0.2, -0.15) is 0 Å². The molecule has 4 N–H and O–H groups in total. The number of anilines is 1. The maximum absolute atomic E-state index is 6.07. The zero-order valence-electron chi connectivity index (χ0n) is 10.5. The van der Waals surface area contributed by atoms with Gasteiger partial charge in [-0.25, -0.2) is 20.8 Å². The van der Waals surface area contributed by atoms with Gasteiger partial charge >= 0.3 is 0 Å². The molecule has 1 aromatic carbocycles. The molecule has 0 bridgehead atoms. The first-order valence-electron chi connectivity index (χ1n) is 5.79. The third kappa shape index (κ3) is 2.55. The number of fused-ring (bicyclic) bond motifs is 1. The Hall–Kier alpha value is -1.83. The molecule has 20 heavy (non-hydrogen) atoms. The molecule has 0 saturated heterocycles. The molecule has 6 nitrogen and oxygen atoms in total. The van der Waals surface area contributed by atoms with Crippen molar-refractivity contribution in [3.05, 3.63) is 35.0 Å². The summed E-state index contributed by atoms with van der Waals surface area (Å²) in [4.78, 5) is 15.8. The molecule has 0 aliphatic carbocycles. The normalized spacial score (nSPS) is 10.9. The maximum atomic E-state index is 6.07. The number of aromatic amines is 1. The summed E-state index contributed by atoms with van der Waals surface area (Å²) in [7, 11) is 0. The van der Waals surface area contributed by atoms with E-state index in [1.54, 1.807) is 0 Å². The second-order valence-corrected chi connectivity index (χ2v) is 5.54. The van der Waals surface area contributed by atoms with Crippen molar-refractivity contribution in [1.82, 2.24) is 19.9 Å². The van der Waals surface area contributed by atoms with Crippen molar-refractivity contribution in [3.63, 3.8) is 0 Å². The molecule has 0 fully saturated rings. The smallest absolute Gasteiger partial charge is 0.238 e. The van der Waals surface area contributed by atoms with Gasteiger partial charge in [-0.1, -0.05) is 17.7 Å². The van der Waals surface area contributed by atoms with Crippen LogP contribution in [0.5, 0.6) is 0 Å². The van der Waals surface area contributed by atoms with Crippen LogP contribution in [0.4, 0.5) is 5.95 Å². The van der Waals surface area contributed by atoms with Crippen molar-refractivity contribution in [2.24, 2.45) is 5.84 Å². The van der Waals surface area contributed by atoms with E-state index in [1.807, 2.05) is 25.1 Å². The first kappa shape index (κ1) is 13.2. The summed E-state index contributed by atoms with van der Waals surface area (Å²) >= 11 is 7.40. The monoisotopic (exact) mass is 306 g/mol. The Morgan fingerprint density at radius 3 is 3.00 bits per heavy atom. The van der Waals surface area contributed by atoms with Crippen LogP contribution in [0.3, 0.4) is 0 Å². The number of nitrogen functional groups attached to an aromatic ring is 1. The Labute approximate surface area is 124 Å². The van der Waals surface area contributed by atoms with Gasteiger partial charge in [0, 0.05) is 0 Å². The van der Waals surface area contributed by atoms with Crippen molar-refractivity contribution in [1.29, 1.82) is 0 Å². The minimum absolute atomic E-state index is 0.309. The lowest BCUT2D eigenvalue weighted by Crippen LogP contribution is -2.10. The van der Waals surface area contributed by atoms with Crippen molar-refractivity contribution in [2.75, 3.05) is 5.43 Å². The van der Waals surface area contributed by atoms with Gasteiger partial charge in [-0.05, 0) is 36.4 Å². The number of hydrogen-bond donors (Lipinski definition) is 3. The van der Waals surface area contributed by atoms with Crippen molar-refractivity contribution < 1.29 is 0 Å². The lowest BCUT2D eigenvalue weighted by atomic mass is 10.2. The number of halogens is 1. The average Bonchev–Trinajstić information content (AvgIpc) is 2.82. The van der Waals surface area contributed by atoms with E-state index in [1.165, 1.54) is 23.5 Å². The molecule has 0 saturated carbocycles. The van der Waals surface area contributed by atoms with Crippen LogP contribution in [0.1, 0.15) is 5.56 Å². The molecular formula is C12H11ClN6S. The maximum Gasteiger partial charge on any atom is 0.238 e. The Bertz CT molecular complexity index is 772. The summed E-state index contributed by atoms with van der Waals surface area (Å²) in [6.45, 7) is 2.04. The molecule has 0 aliphatic heterocycles. The van der Waals surface area contributed by atoms with Crippen LogP contribution in [0.25, 0.3) is 11.0 Å². The van der Waals surface area contributed by atoms with Crippen LogP contribution in [-0.4, -0.2) is 19.9 Å². The Kier molecular flexibility index (Phi) is 3.47. The van der Waals surface area contributed by atoms with E-state index in [0.29, 0.717) is 21.2 Å². The van der Waals surface area contributed by atoms with Crippen molar-refractivity contribution in [2.45, 2.75) is 17.1 Å². The fourth-order valence-electron chi connectivity index (χ4n) is 1.73. The fraction of sp³-hybridized carbons (Fsp3) is 0.0833. The quantitative estimate of drug-likeness (QED) is 0.391. The number of aromatic nitrogens is 4. The summed E-state index contributed by atoms with van der Waals surface area (Å²) in [5.74, 6) is 5.60. The Morgan fingerprint density at radius 2 is 2.20 bits per heavy atom. The summed E-state index contributed by atoms with van der Waals surface area (Å²) < 4.78 is 0. The highest BCUT2D eigenvalue weighted by molar-refractivity contribution is 7.99. The van der Waals surface area contributed by atoms with Gasteiger partial charge in [0.1, 0.15) is 5.03 Å². The van der Waals surface area contributed by atoms with Crippen LogP contribution in [0, 0.1) is 6.92 Å². The zero-order chi connectivity index (χ0) is 14.1. The number of hydrazine groups is 1. The van der Waals surface area contributed by atoms with Crippen LogP contribution >= 0.6 is 23.4 Å². The summed E-state index contributed by atoms with van der Waals surface area (Å²) in [5, 5.41) is 1.75. The number of hydrogen-bond acceptors (Lipinski definition) is 6. The third-order valence-electron chi connectivity index (χ3n) is 2.65. The summed E-state index contributed by atoms with van der Waals surface area (Å²) in [5.41, 5.74) is 5.45. The Morgan fingerprint density at radius 1 is 1.35 bits per heavy atom. The highest BCUT2D eigenvalue weighted by Crippen LogP contribution is 2.31. The van der Waals surface area contributed by atoms with E-state index in [-0.39, 0.29) is 0 Å². The predicted molar refractivity (Wildman–Crippen MR) is 79.8 cm³/mol. The minimum Gasteiger partial charge on any atom is -0.333 e. The second-order valence-electron chi connectivity index (χ2n) is 4.16. The number of rotatable bonds is 3. The van der Waals surface area contributed by atoms with Crippen LogP contribution in [-0.2, 0) is 0 Å². The molecule has 2 aromatic heterocycles. The highest BCUT2D eigenvalue weighted by Gasteiger charge is 2.10. The number of nitrogens with zero attached hydrogens (tertiary/aromatic N) is 3. The van der Waals surface area contributed by atoms with Crippen LogP contribution in [0.15, 0.2) is 34.6 Å². The molecule has 0 atom stereocenters. The first-order valence-corrected chi connectivity index (χ1v) is 6.98. The van der Waals surface area contributed by atoms with Gasteiger partial charge in [0.15, 0.2) is 5.16 Å². The van der Waals surface area contributed by atoms with E-state index in [9.17, 15) is 0 Å². The first-order chi connectivity index (χ1) is 9.65. The molecule has 0 radical (unpaired) electrons. The van der Waals surface area contributed by atoms with Gasteiger partial charge in [0.2, 0.25) is 5.95 Å². The number of H-pyrrole nitrogens is 1. The van der Waals surface area contributed by atoms with Gasteiger partial charge in [0.05, 0.1) is 22.3 Å². The highest BCUT2D eigenvalue weighted by atomic mass is 35.5. The molecule has 0 amide bonds. The largest absolute Gasteiger partial charge is 0.333 e. The molecular weight excluding hydrogens is 296 g/mol. The predicted octanol–water partition coefficient (Wildman–Crippen LogP) is 2.75. The minimum atomic E-state index is 0.309. The van der Waals surface area contributed by atoms with Gasteiger partial charge < -0.3 is 4.98 Å². The number of aryl methyl sites for hydroxylation is 1. The van der Waals surface area contributed by atoms with Gasteiger partial charge in [-0.3, -0.25) is 5.43 Å². The molecule has 2 heterocycles. The van der Waals surface area contributed by atoms with Crippen LogP contribution < -0.4 is 11.3 Å². The van der Waals surface area contributed by atoms with Gasteiger partial charge in [0.25, 0.3) is 0 Å². The third-order valence-corrected chi connectivity index (χ3v) is 3.93. The lowest BCUT2D eigenvalue weighted by Gasteiger charge is -2.02. The fourth-order valence-corrected chi connectivity index (χ4v) is 2.71. The number of imidazole rings is 1. The number of benzene rings is 1. The summed E-state index contributed by atoms with van der Waals surface area (Å²) in [6.07, 6.45) is 1.50. The molecule has 102 valence electrons. The molecule has 0 aliphatic rings. The average molecular weight is 307 g/mol. The van der Waals surface area contributed by atoms with Crippen molar-refractivity contribution in [3.8, 4) is 0 Å². The van der Waals surface area contributed by atoms with E-state index in [0.717, 1.165) is 11.0 Å². The molecule has 3 rings (SSSR count). The number of nitrogens with one attached hydrogen (secondary N) is 2. The lowest BCUT2D eigenvalue weighted by molar-refractivity contribution is 1.01. The van der Waals surface area contributed by atoms with Crippen LogP contribution in [0.2, 0.25) is 5.02 Å². The summed E-state index contributed by atoms with van der Waals surface area (Å²) in [6, 6.07) is 6.03. The van der Waals surface area contributed by atoms with Gasteiger partial charge in [-0.15, -0.1) is 0 Å². The second kappa shape index (κ2) is 5.28.